The summed E-state index contributed by atoms with van der Waals surface area (Å²) in [5.74, 6) is -0.924. The second kappa shape index (κ2) is 17.4. The normalized spacial score (nSPS) is 12.0. The number of hydrogen-bond donors (Lipinski definition) is 1. The zero-order valence-electron chi connectivity index (χ0n) is 27.8. The van der Waals surface area contributed by atoms with Gasteiger partial charge in [0, 0.05) is 13.8 Å². The van der Waals surface area contributed by atoms with E-state index in [2.05, 4.69) is 112 Å². The summed E-state index contributed by atoms with van der Waals surface area (Å²) in [7, 11) is 1.83. The van der Waals surface area contributed by atoms with Crippen molar-refractivity contribution < 1.29 is 28.6 Å². The molecule has 10 heteroatoms. The average Bonchev–Trinajstić information content (AvgIpc) is 3.09. The molecule has 0 unspecified atom stereocenters. The van der Waals surface area contributed by atoms with Crippen molar-refractivity contribution in [2.75, 3.05) is 32.8 Å². The van der Waals surface area contributed by atoms with Gasteiger partial charge in [0.1, 0.15) is 0 Å². The molecule has 4 aromatic carbocycles. The van der Waals surface area contributed by atoms with Crippen LogP contribution >= 0.6 is 20.8 Å². The number of benzene rings is 4. The second-order valence-electron chi connectivity index (χ2n) is 11.6. The topological polar surface area (TPSA) is 94.2 Å². The molecular weight excluding hydrogens is 691 g/mol. The van der Waals surface area contributed by atoms with E-state index in [1.807, 2.05) is 7.05 Å². The number of ether oxygens (including phenoxy) is 3. The van der Waals surface area contributed by atoms with Crippen molar-refractivity contribution in [3.05, 3.63) is 109 Å². The van der Waals surface area contributed by atoms with Gasteiger partial charge in [0.05, 0.1) is 0 Å². The molecule has 1 amide bonds. The van der Waals surface area contributed by atoms with Crippen LogP contribution in [0, 0.1) is 0 Å². The number of carbonyl (C=O) groups excluding carboxylic acids is 3. The van der Waals surface area contributed by atoms with Crippen LogP contribution in [0.2, 0.25) is 0 Å². The Bertz CT molecular complexity index is 1560. The SMILES string of the molecule is CNCCN(CCCCCCP(Br)(c1ccccc1)(c1ccccc1)c1ccccc1)C(=O)Oc1ccc(OC(C)=O)c(OC(C)=O)c1. The summed E-state index contributed by atoms with van der Waals surface area (Å²) in [6.45, 7) is 4.07. The molecule has 0 aliphatic rings. The number of nitrogens with one attached hydrogen (secondary N) is 1. The van der Waals surface area contributed by atoms with E-state index in [-0.39, 0.29) is 17.2 Å². The first-order valence-electron chi connectivity index (χ1n) is 16.2. The van der Waals surface area contributed by atoms with Crippen LogP contribution in [-0.4, -0.2) is 55.8 Å². The summed E-state index contributed by atoms with van der Waals surface area (Å²) in [5.41, 5.74) is 0. The van der Waals surface area contributed by atoms with E-state index in [1.54, 1.807) is 4.90 Å². The van der Waals surface area contributed by atoms with Crippen molar-refractivity contribution in [2.24, 2.45) is 0 Å². The van der Waals surface area contributed by atoms with Gasteiger partial charge in [-0.05, 0) is 0 Å². The first kappa shape index (κ1) is 36.8. The molecular formula is C38H44BrN2O6P. The van der Waals surface area contributed by atoms with E-state index >= 15 is 0 Å². The van der Waals surface area contributed by atoms with Crippen molar-refractivity contribution in [3.8, 4) is 17.2 Å². The Balaban J connectivity index is 1.44. The minimum absolute atomic E-state index is 0.00439. The number of rotatable bonds is 16. The van der Waals surface area contributed by atoms with E-state index in [9.17, 15) is 14.4 Å². The van der Waals surface area contributed by atoms with E-state index in [4.69, 9.17) is 14.2 Å². The van der Waals surface area contributed by atoms with Crippen LogP contribution < -0.4 is 35.4 Å². The van der Waals surface area contributed by atoms with E-state index in [1.165, 1.54) is 48.0 Å². The van der Waals surface area contributed by atoms with Gasteiger partial charge in [-0.15, -0.1) is 0 Å². The number of likely N-dealkylation sites (N-methyl/N-ethyl adjacent to an activating group) is 1. The molecule has 4 aromatic rings. The molecule has 0 bridgehead atoms. The van der Waals surface area contributed by atoms with Crippen molar-refractivity contribution in [2.45, 2.75) is 39.5 Å². The van der Waals surface area contributed by atoms with Gasteiger partial charge in [-0.1, -0.05) is 0 Å². The fraction of sp³-hybridized carbons (Fsp3) is 0.289. The molecule has 0 fully saturated rings. The summed E-state index contributed by atoms with van der Waals surface area (Å²) < 4.78 is 16.0. The standard InChI is InChI=1S/C38H44BrN2O6P/c1-30(42)45-36-24-23-32(29-37(36)46-31(2)43)47-38(44)41(27-25-40-3)26-15-4-5-16-28-48(39,33-17-9-6-10-18-33,34-19-11-7-12-20-34)35-21-13-8-14-22-35/h6-14,17-24,29,40H,4-5,15-16,25-28H2,1-3H3. The Hall–Kier alpha value is -4.04. The zero-order valence-corrected chi connectivity index (χ0v) is 30.3. The predicted molar refractivity (Wildman–Crippen MR) is 198 cm³/mol. The molecule has 254 valence electrons. The fourth-order valence-electron chi connectivity index (χ4n) is 5.85. The Morgan fingerprint density at radius 3 is 1.65 bits per heavy atom. The Morgan fingerprint density at radius 2 is 1.15 bits per heavy atom. The van der Waals surface area contributed by atoms with Crippen LogP contribution in [0.25, 0.3) is 0 Å². The number of halogens is 1. The molecule has 0 atom stereocenters. The molecule has 4 rings (SSSR count). The van der Waals surface area contributed by atoms with Gasteiger partial charge in [-0.2, -0.15) is 0 Å². The van der Waals surface area contributed by atoms with Crippen LogP contribution in [0.1, 0.15) is 39.5 Å². The molecule has 0 aliphatic heterocycles. The zero-order chi connectivity index (χ0) is 34.4. The molecule has 0 saturated heterocycles. The number of nitrogens with zero attached hydrogens (tertiary/aromatic N) is 1. The van der Waals surface area contributed by atoms with E-state index < -0.39 is 23.3 Å². The molecule has 48 heavy (non-hydrogen) atoms. The van der Waals surface area contributed by atoms with E-state index in [0.29, 0.717) is 19.6 Å². The van der Waals surface area contributed by atoms with Gasteiger partial charge in [-0.3, -0.25) is 9.59 Å². The van der Waals surface area contributed by atoms with Gasteiger partial charge in [0.2, 0.25) is 0 Å². The Kier molecular flexibility index (Phi) is 13.3. The molecule has 0 aromatic heterocycles. The first-order valence-corrected chi connectivity index (χ1v) is 20.6. The molecule has 8 nitrogen and oxygen atoms in total. The number of amides is 1. The van der Waals surface area contributed by atoms with Gasteiger partial charge in [0.25, 0.3) is 0 Å². The molecule has 0 spiro atoms. The van der Waals surface area contributed by atoms with Crippen molar-refractivity contribution in [3.63, 3.8) is 0 Å². The van der Waals surface area contributed by atoms with E-state index in [0.717, 1.165) is 31.8 Å². The summed E-state index contributed by atoms with van der Waals surface area (Å²) in [5, 5.41) is 4.04. The second-order valence-corrected chi connectivity index (χ2v) is 20.6. The molecule has 1 N–H and O–H groups in total. The molecule has 0 heterocycles. The quantitative estimate of drug-likeness (QED) is 0.0576. The van der Waals surface area contributed by atoms with Crippen molar-refractivity contribution >= 4 is 54.7 Å². The summed E-state index contributed by atoms with van der Waals surface area (Å²) >= 11 is 4.53. The molecule has 0 aliphatic carbocycles. The van der Waals surface area contributed by atoms with Gasteiger partial charge in [-0.25, -0.2) is 0 Å². The molecule has 0 saturated carbocycles. The van der Waals surface area contributed by atoms with Crippen LogP contribution in [0.15, 0.2) is 109 Å². The predicted octanol–water partition coefficient (Wildman–Crippen LogP) is 6.96. The van der Waals surface area contributed by atoms with Crippen molar-refractivity contribution in [1.29, 1.82) is 0 Å². The maximum absolute atomic E-state index is 13.3. The third-order valence-electron chi connectivity index (χ3n) is 8.16. The number of carbonyl (C=O) groups is 3. The van der Waals surface area contributed by atoms with Crippen LogP contribution in [0.5, 0.6) is 17.2 Å². The van der Waals surface area contributed by atoms with Gasteiger partial charge >= 0.3 is 254 Å². The third-order valence-corrected chi connectivity index (χ3v) is 18.2. The minimum atomic E-state index is -2.97. The summed E-state index contributed by atoms with van der Waals surface area (Å²) in [6.07, 6.45) is 4.19. The van der Waals surface area contributed by atoms with Gasteiger partial charge < -0.3 is 9.47 Å². The Labute approximate surface area is 291 Å². The van der Waals surface area contributed by atoms with Crippen LogP contribution in [0.4, 0.5) is 4.79 Å². The number of hydrogen-bond acceptors (Lipinski definition) is 7. The van der Waals surface area contributed by atoms with Crippen LogP contribution in [-0.2, 0) is 9.59 Å². The van der Waals surface area contributed by atoms with Crippen molar-refractivity contribution in [1.82, 2.24) is 10.2 Å². The summed E-state index contributed by atoms with van der Waals surface area (Å²) in [6, 6.07) is 36.7. The average molecular weight is 736 g/mol. The first-order chi connectivity index (χ1) is 23.1. The van der Waals surface area contributed by atoms with Crippen LogP contribution in [0.3, 0.4) is 0 Å². The summed E-state index contributed by atoms with van der Waals surface area (Å²) in [4.78, 5) is 38.0. The fourth-order valence-corrected chi connectivity index (χ4v) is 13.6. The number of unbranched alkanes of at least 4 members (excludes halogenated alkanes) is 3. The monoisotopic (exact) mass is 734 g/mol. The number of esters is 2. The third kappa shape index (κ3) is 9.10. The maximum atomic E-state index is 13.3. The molecule has 0 radical (unpaired) electrons. The Morgan fingerprint density at radius 1 is 0.646 bits per heavy atom. The van der Waals surface area contributed by atoms with Gasteiger partial charge in [0.15, 0.2) is 5.75 Å².